The summed E-state index contributed by atoms with van der Waals surface area (Å²) < 4.78 is 0. The molecule has 2 aromatic heterocycles. The molecule has 1 aliphatic heterocycles. The Balaban J connectivity index is 1.16. The van der Waals surface area contributed by atoms with Crippen molar-refractivity contribution in [1.82, 2.24) is 29.9 Å². The molecule has 61 heavy (non-hydrogen) atoms. The van der Waals surface area contributed by atoms with Crippen LogP contribution in [-0.4, -0.2) is 29.9 Å². The van der Waals surface area contributed by atoms with E-state index in [1.807, 2.05) is 121 Å². The van der Waals surface area contributed by atoms with Crippen molar-refractivity contribution < 1.29 is 0 Å². The minimum absolute atomic E-state index is 0.609. The fourth-order valence-electron chi connectivity index (χ4n) is 8.18. The van der Waals surface area contributed by atoms with Gasteiger partial charge in [0.15, 0.2) is 34.9 Å². The molecule has 0 fully saturated rings. The predicted molar refractivity (Wildman–Crippen MR) is 245 cm³/mol. The van der Waals surface area contributed by atoms with Crippen molar-refractivity contribution in [2.24, 2.45) is 0 Å². The fourth-order valence-corrected chi connectivity index (χ4v) is 12.4. The van der Waals surface area contributed by atoms with Crippen molar-refractivity contribution in [2.45, 2.75) is 19.6 Å². The minimum atomic E-state index is -1.95. The van der Waals surface area contributed by atoms with Crippen molar-refractivity contribution in [2.75, 3.05) is 0 Å². The van der Waals surface area contributed by atoms with Crippen molar-refractivity contribution >= 4 is 10.0 Å². The Morgan fingerprint density at radius 1 is 0.230 bits per heavy atom. The van der Waals surface area contributed by atoms with Crippen LogP contribution in [0.4, 0.5) is 0 Å². The van der Waals surface area contributed by atoms with E-state index in [9.17, 15) is 0 Å². The van der Waals surface area contributed by atoms with Crippen LogP contribution in [0.15, 0.2) is 238 Å². The second-order valence-corrected chi connectivity index (χ2v) is 17.8. The first-order valence-electron chi connectivity index (χ1n) is 20.2. The molecule has 10 aromatic rings. The smallest absolute Gasteiger partial charge is 0.164 e. The highest BCUT2D eigenvalue weighted by Crippen LogP contribution is 2.80. The van der Waals surface area contributed by atoms with E-state index in [0.717, 1.165) is 44.5 Å². The highest BCUT2D eigenvalue weighted by Gasteiger charge is 2.42. The number of hydrogen-bond acceptors (Lipinski definition) is 6. The SMILES string of the molecule is c1ccc(-c2nc(-c3ccccc3)nc(-c3ccc4c(c3)-c3cc(-c5nc(-c6ccccc6)nc(-c6ccccc6)n5)ccc3S4(c3ccccc3)c3ccccc3)n2)cc1. The number of nitrogens with zero attached hydrogens (tertiary/aromatic N) is 6. The molecule has 0 unspecified atom stereocenters. The molecular weight excluding hydrogens is 765 g/mol. The summed E-state index contributed by atoms with van der Waals surface area (Å²) in [6.07, 6.45) is 0. The number of rotatable bonds is 8. The first-order chi connectivity index (χ1) is 30.2. The van der Waals surface area contributed by atoms with E-state index in [1.165, 1.54) is 19.6 Å². The molecule has 0 N–H and O–H groups in total. The van der Waals surface area contributed by atoms with E-state index in [0.29, 0.717) is 34.9 Å². The molecule has 3 heterocycles. The van der Waals surface area contributed by atoms with Crippen LogP contribution in [0, 0.1) is 0 Å². The van der Waals surface area contributed by atoms with Crippen LogP contribution in [0.2, 0.25) is 0 Å². The van der Waals surface area contributed by atoms with Gasteiger partial charge in [-0.05, 0) is 59.7 Å². The predicted octanol–water partition coefficient (Wildman–Crippen LogP) is 13.4. The van der Waals surface area contributed by atoms with Crippen LogP contribution in [0.5, 0.6) is 0 Å². The Hall–Kier alpha value is -7.87. The molecule has 288 valence electrons. The van der Waals surface area contributed by atoms with E-state index in [1.54, 1.807) is 0 Å². The molecule has 0 radical (unpaired) electrons. The van der Waals surface area contributed by atoms with E-state index in [4.69, 9.17) is 29.9 Å². The summed E-state index contributed by atoms with van der Waals surface area (Å²) in [5.41, 5.74) is 7.77. The molecule has 11 rings (SSSR count). The zero-order valence-electron chi connectivity index (χ0n) is 32.9. The monoisotopic (exact) mass is 800 g/mol. The zero-order chi connectivity index (χ0) is 40.6. The summed E-state index contributed by atoms with van der Waals surface area (Å²) in [4.78, 5) is 35.5. The maximum atomic E-state index is 5.13. The van der Waals surface area contributed by atoms with Gasteiger partial charge in [0.05, 0.1) is 0 Å². The average Bonchev–Trinajstić information content (AvgIpc) is 3.65. The zero-order valence-corrected chi connectivity index (χ0v) is 33.7. The van der Waals surface area contributed by atoms with E-state index < -0.39 is 10.0 Å². The number of benzene rings is 8. The lowest BCUT2D eigenvalue weighted by atomic mass is 10.0. The fraction of sp³-hybridized carbons (Fsp3) is 0. The molecule has 8 aromatic carbocycles. The van der Waals surface area contributed by atoms with Crippen molar-refractivity contribution in [1.29, 1.82) is 0 Å². The largest absolute Gasteiger partial charge is 0.208 e. The van der Waals surface area contributed by atoms with E-state index >= 15 is 0 Å². The lowest BCUT2D eigenvalue weighted by Crippen LogP contribution is -2.02. The van der Waals surface area contributed by atoms with Gasteiger partial charge in [0, 0.05) is 53.0 Å². The quantitative estimate of drug-likeness (QED) is 0.152. The topological polar surface area (TPSA) is 77.3 Å². The first-order valence-corrected chi connectivity index (χ1v) is 21.8. The van der Waals surface area contributed by atoms with Gasteiger partial charge in [0.2, 0.25) is 0 Å². The van der Waals surface area contributed by atoms with Gasteiger partial charge in [-0.3, -0.25) is 0 Å². The highest BCUT2D eigenvalue weighted by atomic mass is 32.3. The number of aromatic nitrogens is 6. The van der Waals surface area contributed by atoms with E-state index in [2.05, 4.69) is 97.1 Å². The molecule has 0 bridgehead atoms. The second-order valence-electron chi connectivity index (χ2n) is 14.7. The average molecular weight is 801 g/mol. The molecule has 0 atom stereocenters. The Labute approximate surface area is 355 Å². The third kappa shape index (κ3) is 6.49. The standard InChI is InChI=1S/C54H36N6S/c1-7-19-37(20-8-1)49-55-50(38-21-9-2-10-22-38)58-53(57-49)41-31-33-47-45(35-41)46-36-42(32-34-48(46)61(47,43-27-15-5-16-28-43)44-29-17-6-18-30-44)54-59-51(39-23-11-3-12-24-39)56-52(60-54)40-25-13-4-14-26-40/h1-36H. The second kappa shape index (κ2) is 15.4. The number of hydrogen-bond donors (Lipinski definition) is 0. The summed E-state index contributed by atoms with van der Waals surface area (Å²) in [6, 6.07) is 75.9. The van der Waals surface area contributed by atoms with Crippen molar-refractivity contribution in [3.8, 4) is 79.5 Å². The Bertz CT molecular complexity index is 2840. The first kappa shape index (κ1) is 36.2. The third-order valence-corrected chi connectivity index (χ3v) is 15.0. The summed E-state index contributed by atoms with van der Waals surface area (Å²) in [7, 11) is -1.95. The van der Waals surface area contributed by atoms with Gasteiger partial charge in [-0.2, -0.15) is 0 Å². The lowest BCUT2D eigenvalue weighted by Gasteiger charge is -2.39. The molecule has 0 spiro atoms. The van der Waals surface area contributed by atoms with Gasteiger partial charge in [0.25, 0.3) is 0 Å². The summed E-state index contributed by atoms with van der Waals surface area (Å²) in [5.74, 6) is 3.72. The van der Waals surface area contributed by atoms with Crippen molar-refractivity contribution in [3.63, 3.8) is 0 Å². The molecular formula is C54H36N6S. The molecule has 1 aliphatic rings. The third-order valence-electron chi connectivity index (χ3n) is 11.0. The maximum absolute atomic E-state index is 5.13. The van der Waals surface area contributed by atoms with Crippen molar-refractivity contribution in [3.05, 3.63) is 218 Å². The van der Waals surface area contributed by atoms with E-state index in [-0.39, 0.29) is 0 Å². The maximum Gasteiger partial charge on any atom is 0.164 e. The van der Waals surface area contributed by atoms with Gasteiger partial charge in [-0.25, -0.2) is 29.9 Å². The molecule has 6 nitrogen and oxygen atoms in total. The highest BCUT2D eigenvalue weighted by molar-refractivity contribution is 8.34. The molecule has 0 aliphatic carbocycles. The molecule has 0 saturated heterocycles. The Morgan fingerprint density at radius 2 is 0.475 bits per heavy atom. The van der Waals surface area contributed by atoms with Crippen LogP contribution in [0.3, 0.4) is 0 Å². The lowest BCUT2D eigenvalue weighted by molar-refractivity contribution is 1.07. The van der Waals surface area contributed by atoms with Gasteiger partial charge >= 0.3 is 0 Å². The van der Waals surface area contributed by atoms with Crippen LogP contribution in [0.25, 0.3) is 79.5 Å². The molecule has 0 saturated carbocycles. The van der Waals surface area contributed by atoms with Crippen LogP contribution in [0.1, 0.15) is 0 Å². The van der Waals surface area contributed by atoms with Crippen LogP contribution >= 0.6 is 10.0 Å². The van der Waals surface area contributed by atoms with Gasteiger partial charge in [0.1, 0.15) is 0 Å². The Kier molecular flexibility index (Phi) is 9.13. The molecule has 0 amide bonds. The Morgan fingerprint density at radius 3 is 0.754 bits per heavy atom. The molecule has 7 heteroatoms. The van der Waals surface area contributed by atoms with Gasteiger partial charge < -0.3 is 0 Å². The number of fused-ring (bicyclic) bond motifs is 3. The summed E-state index contributed by atoms with van der Waals surface area (Å²) >= 11 is 0. The normalized spacial score (nSPS) is 12.9. The summed E-state index contributed by atoms with van der Waals surface area (Å²) in [6.45, 7) is 0. The van der Waals surface area contributed by atoms with Gasteiger partial charge in [-0.1, -0.05) is 170 Å². The van der Waals surface area contributed by atoms with Crippen LogP contribution < -0.4 is 0 Å². The minimum Gasteiger partial charge on any atom is -0.208 e. The summed E-state index contributed by atoms with van der Waals surface area (Å²) in [5, 5.41) is 0. The van der Waals surface area contributed by atoms with Gasteiger partial charge in [-0.15, -0.1) is 10.0 Å². The van der Waals surface area contributed by atoms with Crippen LogP contribution in [-0.2, 0) is 0 Å².